The SMILES string of the molecule is COc1cc([N+](=O)[O-])ccc1C(=O)NCC1CCCN1. The lowest BCUT2D eigenvalue weighted by Crippen LogP contribution is -2.37. The number of hydrogen-bond donors (Lipinski definition) is 2. The second kappa shape index (κ2) is 6.33. The minimum atomic E-state index is -0.521. The van der Waals surface area contributed by atoms with E-state index in [0.717, 1.165) is 19.4 Å². The summed E-state index contributed by atoms with van der Waals surface area (Å²) in [6, 6.07) is 4.26. The highest BCUT2D eigenvalue weighted by molar-refractivity contribution is 5.97. The maximum absolute atomic E-state index is 12.1. The van der Waals surface area contributed by atoms with Gasteiger partial charge in [0.2, 0.25) is 0 Å². The van der Waals surface area contributed by atoms with Gasteiger partial charge in [-0.2, -0.15) is 0 Å². The number of nitrogens with one attached hydrogen (secondary N) is 2. The van der Waals surface area contributed by atoms with Crippen LogP contribution in [0.2, 0.25) is 0 Å². The minimum Gasteiger partial charge on any atom is -0.496 e. The van der Waals surface area contributed by atoms with Crippen LogP contribution in [0.3, 0.4) is 0 Å². The van der Waals surface area contributed by atoms with Crippen molar-refractivity contribution in [2.24, 2.45) is 0 Å². The van der Waals surface area contributed by atoms with Crippen molar-refractivity contribution >= 4 is 11.6 Å². The molecule has 108 valence electrons. The van der Waals surface area contributed by atoms with Crippen molar-refractivity contribution < 1.29 is 14.5 Å². The molecule has 1 atom stereocenters. The zero-order valence-electron chi connectivity index (χ0n) is 11.2. The lowest BCUT2D eigenvalue weighted by molar-refractivity contribution is -0.384. The molecule has 1 saturated heterocycles. The first-order chi connectivity index (χ1) is 9.61. The van der Waals surface area contributed by atoms with E-state index in [1.807, 2.05) is 0 Å². The predicted octanol–water partition coefficient (Wildman–Crippen LogP) is 1.09. The van der Waals surface area contributed by atoms with Gasteiger partial charge in [0, 0.05) is 18.7 Å². The Hall–Kier alpha value is -2.15. The minimum absolute atomic E-state index is 0.101. The van der Waals surface area contributed by atoms with E-state index in [1.54, 1.807) is 0 Å². The Morgan fingerprint density at radius 1 is 1.60 bits per heavy atom. The van der Waals surface area contributed by atoms with Gasteiger partial charge in [0.15, 0.2) is 0 Å². The number of nitrogens with zero attached hydrogens (tertiary/aromatic N) is 1. The molecule has 0 bridgehead atoms. The van der Waals surface area contributed by atoms with Crippen LogP contribution in [0.5, 0.6) is 5.75 Å². The maximum Gasteiger partial charge on any atom is 0.273 e. The fourth-order valence-corrected chi connectivity index (χ4v) is 2.22. The molecule has 1 fully saturated rings. The Labute approximate surface area is 116 Å². The summed E-state index contributed by atoms with van der Waals surface area (Å²) in [6.07, 6.45) is 2.15. The van der Waals surface area contributed by atoms with Gasteiger partial charge in [-0.15, -0.1) is 0 Å². The monoisotopic (exact) mass is 279 g/mol. The molecule has 0 saturated carbocycles. The van der Waals surface area contributed by atoms with E-state index in [0.29, 0.717) is 18.2 Å². The lowest BCUT2D eigenvalue weighted by Gasteiger charge is -2.13. The van der Waals surface area contributed by atoms with Gasteiger partial charge >= 0.3 is 0 Å². The molecule has 7 nitrogen and oxygen atoms in total. The highest BCUT2D eigenvalue weighted by Gasteiger charge is 2.19. The Balaban J connectivity index is 2.06. The molecule has 7 heteroatoms. The van der Waals surface area contributed by atoms with E-state index in [1.165, 1.54) is 25.3 Å². The van der Waals surface area contributed by atoms with Gasteiger partial charge in [-0.05, 0) is 25.5 Å². The van der Waals surface area contributed by atoms with Crippen LogP contribution in [-0.4, -0.2) is 37.1 Å². The number of amides is 1. The number of methoxy groups -OCH3 is 1. The zero-order chi connectivity index (χ0) is 14.5. The van der Waals surface area contributed by atoms with Crippen LogP contribution in [0.1, 0.15) is 23.2 Å². The van der Waals surface area contributed by atoms with Crippen molar-refractivity contribution in [3.8, 4) is 5.75 Å². The first-order valence-corrected chi connectivity index (χ1v) is 6.46. The second-order valence-corrected chi connectivity index (χ2v) is 4.64. The van der Waals surface area contributed by atoms with Crippen LogP contribution >= 0.6 is 0 Å². The van der Waals surface area contributed by atoms with Crippen LogP contribution in [0.4, 0.5) is 5.69 Å². The Morgan fingerprint density at radius 3 is 3.00 bits per heavy atom. The molecule has 0 aromatic heterocycles. The van der Waals surface area contributed by atoms with Crippen molar-refractivity contribution in [1.29, 1.82) is 0 Å². The van der Waals surface area contributed by atoms with Gasteiger partial charge in [0.25, 0.3) is 11.6 Å². The zero-order valence-corrected chi connectivity index (χ0v) is 11.2. The third-order valence-corrected chi connectivity index (χ3v) is 3.31. The summed E-state index contributed by atoms with van der Waals surface area (Å²) in [5.74, 6) is -0.0819. The Bertz CT molecular complexity index is 512. The number of benzene rings is 1. The van der Waals surface area contributed by atoms with Crippen LogP contribution in [0.25, 0.3) is 0 Å². The molecule has 1 aromatic carbocycles. The molecule has 2 rings (SSSR count). The first kappa shape index (κ1) is 14.3. The van der Waals surface area contributed by atoms with Crippen molar-refractivity contribution in [2.45, 2.75) is 18.9 Å². The topological polar surface area (TPSA) is 93.5 Å². The lowest BCUT2D eigenvalue weighted by atomic mass is 10.1. The van der Waals surface area contributed by atoms with Crippen molar-refractivity contribution in [3.63, 3.8) is 0 Å². The Kier molecular flexibility index (Phi) is 4.52. The molecule has 20 heavy (non-hydrogen) atoms. The molecular weight excluding hydrogens is 262 g/mol. The summed E-state index contributed by atoms with van der Waals surface area (Å²) < 4.78 is 5.05. The molecule has 1 amide bonds. The third-order valence-electron chi connectivity index (χ3n) is 3.31. The van der Waals surface area contributed by atoms with Crippen molar-refractivity contribution in [2.75, 3.05) is 20.2 Å². The van der Waals surface area contributed by atoms with Crippen LogP contribution < -0.4 is 15.4 Å². The summed E-state index contributed by atoms with van der Waals surface area (Å²) >= 11 is 0. The number of non-ortho nitro benzene ring substituents is 1. The summed E-state index contributed by atoms with van der Waals surface area (Å²) in [7, 11) is 1.38. The van der Waals surface area contributed by atoms with Crippen LogP contribution in [-0.2, 0) is 0 Å². The summed E-state index contributed by atoms with van der Waals surface area (Å²) in [5.41, 5.74) is 0.201. The van der Waals surface area contributed by atoms with Crippen molar-refractivity contribution in [3.05, 3.63) is 33.9 Å². The van der Waals surface area contributed by atoms with Crippen LogP contribution in [0.15, 0.2) is 18.2 Å². The molecule has 1 unspecified atom stereocenters. The van der Waals surface area contributed by atoms with Gasteiger partial charge in [-0.1, -0.05) is 0 Å². The average molecular weight is 279 g/mol. The quantitative estimate of drug-likeness (QED) is 0.621. The van der Waals surface area contributed by atoms with E-state index in [2.05, 4.69) is 10.6 Å². The average Bonchev–Trinajstić information content (AvgIpc) is 2.97. The molecule has 1 aliphatic rings. The van der Waals surface area contributed by atoms with E-state index in [4.69, 9.17) is 4.74 Å². The molecule has 1 aromatic rings. The van der Waals surface area contributed by atoms with E-state index in [9.17, 15) is 14.9 Å². The molecular formula is C13H17N3O4. The fourth-order valence-electron chi connectivity index (χ4n) is 2.22. The second-order valence-electron chi connectivity index (χ2n) is 4.64. The number of nitro benzene ring substituents is 1. The molecule has 0 spiro atoms. The normalized spacial score (nSPS) is 17.8. The summed E-state index contributed by atoms with van der Waals surface area (Å²) in [6.45, 7) is 1.51. The number of carbonyl (C=O) groups is 1. The first-order valence-electron chi connectivity index (χ1n) is 6.46. The third kappa shape index (κ3) is 3.24. The molecule has 1 aliphatic heterocycles. The standard InChI is InChI=1S/C13H17N3O4/c1-20-12-7-10(16(18)19)4-5-11(12)13(17)15-8-9-3-2-6-14-9/h4-5,7,9,14H,2-3,6,8H2,1H3,(H,15,17). The predicted molar refractivity (Wildman–Crippen MR) is 73.0 cm³/mol. The number of hydrogen-bond acceptors (Lipinski definition) is 5. The molecule has 0 aliphatic carbocycles. The van der Waals surface area contributed by atoms with Gasteiger partial charge in [0.1, 0.15) is 5.75 Å². The highest BCUT2D eigenvalue weighted by atomic mass is 16.6. The van der Waals surface area contributed by atoms with Gasteiger partial charge in [-0.25, -0.2) is 0 Å². The molecule has 2 N–H and O–H groups in total. The van der Waals surface area contributed by atoms with Gasteiger partial charge in [-0.3, -0.25) is 14.9 Å². The largest absolute Gasteiger partial charge is 0.496 e. The van der Waals surface area contributed by atoms with E-state index in [-0.39, 0.29) is 17.3 Å². The van der Waals surface area contributed by atoms with Gasteiger partial charge in [0.05, 0.1) is 23.7 Å². The van der Waals surface area contributed by atoms with Crippen molar-refractivity contribution in [1.82, 2.24) is 10.6 Å². The highest BCUT2D eigenvalue weighted by Crippen LogP contribution is 2.24. The smallest absolute Gasteiger partial charge is 0.273 e. The number of ether oxygens (including phenoxy) is 1. The number of nitro groups is 1. The van der Waals surface area contributed by atoms with Crippen LogP contribution in [0, 0.1) is 10.1 Å². The Morgan fingerprint density at radius 2 is 2.40 bits per heavy atom. The maximum atomic E-state index is 12.1. The number of rotatable bonds is 5. The van der Waals surface area contributed by atoms with E-state index < -0.39 is 4.92 Å². The van der Waals surface area contributed by atoms with Gasteiger partial charge < -0.3 is 15.4 Å². The van der Waals surface area contributed by atoms with E-state index >= 15 is 0 Å². The molecule has 1 heterocycles. The summed E-state index contributed by atoms with van der Waals surface area (Å²) in [4.78, 5) is 22.2. The fraction of sp³-hybridized carbons (Fsp3) is 0.462. The summed E-state index contributed by atoms with van der Waals surface area (Å²) in [5, 5.41) is 16.8. The number of carbonyl (C=O) groups excluding carboxylic acids is 1. The molecule has 0 radical (unpaired) electrons.